The van der Waals surface area contributed by atoms with Crippen molar-refractivity contribution in [3.05, 3.63) is 48.0 Å². The van der Waals surface area contributed by atoms with E-state index in [4.69, 9.17) is 14.3 Å². The van der Waals surface area contributed by atoms with Crippen molar-refractivity contribution in [2.24, 2.45) is 15.7 Å². The molecule has 0 aliphatic carbocycles. The van der Waals surface area contributed by atoms with Gasteiger partial charge in [0.05, 0.1) is 12.8 Å². The van der Waals surface area contributed by atoms with Crippen LogP contribution in [-0.4, -0.2) is 49.0 Å². The molecule has 2 amide bonds. The molecule has 1 heterocycles. The van der Waals surface area contributed by atoms with Crippen LogP contribution in [0.15, 0.2) is 52.7 Å². The van der Waals surface area contributed by atoms with Crippen molar-refractivity contribution in [3.63, 3.8) is 0 Å². The van der Waals surface area contributed by atoms with Gasteiger partial charge in [0.2, 0.25) is 5.91 Å². The van der Waals surface area contributed by atoms with E-state index in [9.17, 15) is 9.59 Å². The molecule has 9 heteroatoms. The molecule has 0 spiro atoms. The van der Waals surface area contributed by atoms with Gasteiger partial charge in [-0.05, 0) is 61.7 Å². The maximum Gasteiger partial charge on any atom is 0.283 e. The third-order valence-corrected chi connectivity index (χ3v) is 5.35. The minimum absolute atomic E-state index is 0.0634. The average Bonchev–Trinajstić information content (AvgIpc) is 2.87. The normalized spacial score (nSPS) is 13.8. The molecule has 0 saturated carbocycles. The Bertz CT molecular complexity index is 1120. The van der Waals surface area contributed by atoms with Gasteiger partial charge in [0.1, 0.15) is 5.75 Å². The first kappa shape index (κ1) is 26.7. The van der Waals surface area contributed by atoms with Gasteiger partial charge in [-0.25, -0.2) is 5.01 Å². The fraction of sp³-hybridized carbons (Fsp3) is 0.407. The lowest BCUT2D eigenvalue weighted by atomic mass is 9.95. The lowest BCUT2D eigenvalue weighted by Gasteiger charge is -2.23. The number of benzene rings is 2. The maximum absolute atomic E-state index is 12.4. The lowest BCUT2D eigenvalue weighted by Crippen LogP contribution is -2.34. The van der Waals surface area contributed by atoms with Gasteiger partial charge >= 0.3 is 0 Å². The number of methoxy groups -OCH3 is 1. The number of nitrogens with zero attached hydrogens (tertiary/aromatic N) is 3. The molecule has 192 valence electrons. The summed E-state index contributed by atoms with van der Waals surface area (Å²) in [6.45, 7) is 7.89. The Balaban J connectivity index is 1.74. The first-order valence-electron chi connectivity index (χ1n) is 12.0. The average molecular weight is 495 g/mol. The number of hydrogen-bond donors (Lipinski definition) is 1. The molecule has 0 unspecified atom stereocenters. The molecule has 0 saturated heterocycles. The molecule has 36 heavy (non-hydrogen) atoms. The van der Waals surface area contributed by atoms with Crippen LogP contribution < -0.4 is 14.8 Å². The summed E-state index contributed by atoms with van der Waals surface area (Å²) in [5.41, 5.74) is 1.82. The summed E-state index contributed by atoms with van der Waals surface area (Å²) in [6.07, 6.45) is 3.85. The summed E-state index contributed by atoms with van der Waals surface area (Å²) >= 11 is 0. The van der Waals surface area contributed by atoms with Crippen molar-refractivity contribution in [2.75, 3.05) is 25.6 Å². The predicted molar refractivity (Wildman–Crippen MR) is 140 cm³/mol. The summed E-state index contributed by atoms with van der Waals surface area (Å²) < 4.78 is 11.6. The van der Waals surface area contributed by atoms with Crippen LogP contribution in [0.2, 0.25) is 0 Å². The number of amides is 2. The summed E-state index contributed by atoms with van der Waals surface area (Å²) in [5.74, 6) is 1.36. The number of ether oxygens (including phenoxy) is 2. The van der Waals surface area contributed by atoms with E-state index in [-0.39, 0.29) is 18.4 Å². The summed E-state index contributed by atoms with van der Waals surface area (Å²) in [4.78, 5) is 29.7. The van der Waals surface area contributed by atoms with Crippen molar-refractivity contribution in [1.29, 1.82) is 0 Å². The number of rotatable bonds is 9. The van der Waals surface area contributed by atoms with Gasteiger partial charge in [0.15, 0.2) is 18.1 Å². The largest absolute Gasteiger partial charge is 0.493 e. The van der Waals surface area contributed by atoms with Crippen LogP contribution in [0.4, 0.5) is 5.69 Å². The molecular formula is C27H34N4O5. The second kappa shape index (κ2) is 12.2. The first-order valence-corrected chi connectivity index (χ1v) is 12.0. The highest BCUT2D eigenvalue weighted by Crippen LogP contribution is 2.34. The van der Waals surface area contributed by atoms with E-state index in [2.05, 4.69) is 15.6 Å². The van der Waals surface area contributed by atoms with Gasteiger partial charge in [0, 0.05) is 29.4 Å². The Labute approximate surface area is 212 Å². The number of hydrazone groups is 1. The van der Waals surface area contributed by atoms with Gasteiger partial charge < -0.3 is 19.6 Å². The topological polar surface area (TPSA) is 102 Å². The molecular weight excluding hydrogens is 460 g/mol. The summed E-state index contributed by atoms with van der Waals surface area (Å²) in [7, 11) is 1.58. The highest BCUT2D eigenvalue weighted by molar-refractivity contribution is 6.02. The third-order valence-electron chi connectivity index (χ3n) is 5.35. The quantitative estimate of drug-likeness (QED) is 0.381. The van der Waals surface area contributed by atoms with Crippen LogP contribution in [0.3, 0.4) is 0 Å². The Morgan fingerprint density at radius 1 is 1.14 bits per heavy atom. The monoisotopic (exact) mass is 494 g/mol. The van der Waals surface area contributed by atoms with E-state index >= 15 is 0 Å². The Morgan fingerprint density at radius 3 is 2.56 bits per heavy atom. The van der Waals surface area contributed by atoms with Crippen molar-refractivity contribution in [3.8, 4) is 17.2 Å². The van der Waals surface area contributed by atoms with Gasteiger partial charge in [0.25, 0.3) is 5.91 Å². The summed E-state index contributed by atoms with van der Waals surface area (Å²) in [5, 5.41) is 12.6. The van der Waals surface area contributed by atoms with Crippen molar-refractivity contribution in [1.82, 2.24) is 5.01 Å². The molecule has 9 nitrogen and oxygen atoms in total. The van der Waals surface area contributed by atoms with Gasteiger partial charge in [-0.1, -0.05) is 32.9 Å². The number of carbonyl (C=O) groups excluding carboxylic acids is 2. The lowest BCUT2D eigenvalue weighted by molar-refractivity contribution is -0.136. The maximum atomic E-state index is 12.4. The fourth-order valence-electron chi connectivity index (χ4n) is 3.31. The molecule has 0 radical (unpaired) electrons. The smallest absolute Gasteiger partial charge is 0.283 e. The number of oxime groups is 1. The number of hydrogen-bond acceptors (Lipinski definition) is 7. The van der Waals surface area contributed by atoms with E-state index in [1.54, 1.807) is 37.6 Å². The number of carbonyl (C=O) groups is 2. The summed E-state index contributed by atoms with van der Waals surface area (Å²) in [6, 6.07) is 12.7. The van der Waals surface area contributed by atoms with Crippen molar-refractivity contribution in [2.45, 2.75) is 47.0 Å². The van der Waals surface area contributed by atoms with Crippen LogP contribution in [0, 0.1) is 5.41 Å². The zero-order valence-corrected chi connectivity index (χ0v) is 21.5. The van der Waals surface area contributed by atoms with E-state index in [0.717, 1.165) is 30.5 Å². The van der Waals surface area contributed by atoms with E-state index < -0.39 is 5.41 Å². The Hall–Kier alpha value is -3.88. The van der Waals surface area contributed by atoms with Crippen LogP contribution in [0.25, 0.3) is 0 Å². The fourth-order valence-corrected chi connectivity index (χ4v) is 3.31. The van der Waals surface area contributed by atoms with Crippen LogP contribution in [0.5, 0.6) is 17.2 Å². The highest BCUT2D eigenvalue weighted by Gasteiger charge is 2.22. The highest BCUT2D eigenvalue weighted by atomic mass is 16.6. The molecule has 0 fully saturated rings. The molecule has 1 aliphatic heterocycles. The minimum atomic E-state index is -0.485. The van der Waals surface area contributed by atoms with Crippen molar-refractivity contribution >= 4 is 29.4 Å². The third kappa shape index (κ3) is 7.31. The molecule has 0 aromatic heterocycles. The molecule has 0 bridgehead atoms. The molecule has 0 atom stereocenters. The zero-order valence-electron chi connectivity index (χ0n) is 21.5. The minimum Gasteiger partial charge on any atom is -0.493 e. The van der Waals surface area contributed by atoms with E-state index in [1.165, 1.54) is 5.01 Å². The SMILES string of the molecule is CC/C=N/OCC(=O)N1CCCC(c2ccc(OC)c(Oc3ccc(NC(=O)C(C)(C)C)cc3)c2)=N1. The van der Waals surface area contributed by atoms with Crippen LogP contribution in [-0.2, 0) is 14.4 Å². The predicted octanol–water partition coefficient (Wildman–Crippen LogP) is 5.21. The zero-order chi connectivity index (χ0) is 26.1. The van der Waals surface area contributed by atoms with Gasteiger partial charge in [-0.2, -0.15) is 5.10 Å². The Morgan fingerprint density at radius 2 is 1.89 bits per heavy atom. The number of anilines is 1. The van der Waals surface area contributed by atoms with E-state index in [1.807, 2.05) is 45.9 Å². The second-order valence-electron chi connectivity index (χ2n) is 9.33. The standard InChI is InChI=1S/C27H34N4O5/c1-6-15-28-35-18-25(32)31-16-7-8-22(30-31)19-9-14-23(34-5)24(17-19)36-21-12-10-20(11-13-21)29-26(33)27(2,3)4/h9-15,17H,6-8,16,18H2,1-5H3,(H,29,33)/b28-15+. The van der Waals surface area contributed by atoms with Crippen LogP contribution in [0.1, 0.15) is 52.5 Å². The number of nitrogens with one attached hydrogen (secondary N) is 1. The first-order chi connectivity index (χ1) is 17.2. The molecule has 2 aromatic rings. The Kier molecular flexibility index (Phi) is 9.05. The van der Waals surface area contributed by atoms with Crippen LogP contribution >= 0.6 is 0 Å². The molecule has 1 N–H and O–H groups in total. The van der Waals surface area contributed by atoms with E-state index in [0.29, 0.717) is 29.5 Å². The molecule has 2 aromatic carbocycles. The van der Waals surface area contributed by atoms with Crippen molar-refractivity contribution < 1.29 is 23.9 Å². The molecule has 3 rings (SSSR count). The second-order valence-corrected chi connectivity index (χ2v) is 9.33. The molecule has 1 aliphatic rings. The van der Waals surface area contributed by atoms with Gasteiger partial charge in [-0.15, -0.1) is 0 Å². The van der Waals surface area contributed by atoms with Gasteiger partial charge in [-0.3, -0.25) is 9.59 Å².